The smallest absolute Gasteiger partial charge is 0.309 e. The van der Waals surface area contributed by atoms with E-state index in [1.54, 1.807) is 17.9 Å². The van der Waals surface area contributed by atoms with Gasteiger partial charge in [0.15, 0.2) is 6.10 Å². The Bertz CT molecular complexity index is 799. The standard InChI is InChI=1S/C20H29N3O5S/c1-16(19(24)22-11-4-2-3-5-12-22)28-20(25)17-8-13-23(14-9-17)29(26,27)18-7-6-10-21-15-18/h6-7,10,15-17H,2-5,8-9,11-14H2,1H3. The minimum Gasteiger partial charge on any atom is -0.452 e. The third-order valence-corrected chi connectivity index (χ3v) is 7.50. The van der Waals surface area contributed by atoms with Crippen molar-refractivity contribution in [2.75, 3.05) is 26.2 Å². The topological polar surface area (TPSA) is 96.9 Å². The van der Waals surface area contributed by atoms with Crippen molar-refractivity contribution in [3.8, 4) is 0 Å². The van der Waals surface area contributed by atoms with Crippen molar-refractivity contribution in [1.82, 2.24) is 14.2 Å². The van der Waals surface area contributed by atoms with Gasteiger partial charge in [0.1, 0.15) is 4.90 Å². The van der Waals surface area contributed by atoms with Crippen LogP contribution in [-0.4, -0.2) is 66.8 Å². The Kier molecular flexibility index (Phi) is 7.23. The van der Waals surface area contributed by atoms with E-state index in [1.165, 1.54) is 22.8 Å². The monoisotopic (exact) mass is 423 g/mol. The van der Waals surface area contributed by atoms with E-state index in [9.17, 15) is 18.0 Å². The van der Waals surface area contributed by atoms with E-state index in [0.29, 0.717) is 25.9 Å². The number of esters is 1. The second kappa shape index (κ2) is 9.67. The van der Waals surface area contributed by atoms with Crippen LogP contribution in [0.3, 0.4) is 0 Å². The Morgan fingerprint density at radius 1 is 1.10 bits per heavy atom. The average Bonchev–Trinajstić information content (AvgIpc) is 3.03. The predicted molar refractivity (Wildman–Crippen MR) is 106 cm³/mol. The summed E-state index contributed by atoms with van der Waals surface area (Å²) >= 11 is 0. The molecule has 8 nitrogen and oxygen atoms in total. The number of carbonyl (C=O) groups excluding carboxylic acids is 2. The molecule has 2 aliphatic rings. The lowest BCUT2D eigenvalue weighted by atomic mass is 9.98. The van der Waals surface area contributed by atoms with Gasteiger partial charge in [0.05, 0.1) is 5.92 Å². The van der Waals surface area contributed by atoms with Crippen molar-refractivity contribution >= 4 is 21.9 Å². The number of sulfonamides is 1. The molecule has 1 atom stereocenters. The second-order valence-corrected chi connectivity index (χ2v) is 9.62. The molecule has 0 bridgehead atoms. The van der Waals surface area contributed by atoms with Crippen molar-refractivity contribution < 1.29 is 22.7 Å². The molecule has 2 saturated heterocycles. The number of amides is 1. The van der Waals surface area contributed by atoms with Crippen molar-refractivity contribution in [1.29, 1.82) is 0 Å². The van der Waals surface area contributed by atoms with Crippen LogP contribution in [0.4, 0.5) is 0 Å². The van der Waals surface area contributed by atoms with Crippen LogP contribution in [0, 0.1) is 5.92 Å². The highest BCUT2D eigenvalue weighted by atomic mass is 32.2. The summed E-state index contributed by atoms with van der Waals surface area (Å²) < 4.78 is 32.1. The van der Waals surface area contributed by atoms with Crippen molar-refractivity contribution in [2.24, 2.45) is 5.92 Å². The van der Waals surface area contributed by atoms with E-state index in [-0.39, 0.29) is 23.9 Å². The molecular formula is C20H29N3O5S. The Balaban J connectivity index is 1.51. The molecule has 0 saturated carbocycles. The molecule has 1 aromatic heterocycles. The van der Waals surface area contributed by atoms with E-state index in [2.05, 4.69) is 4.98 Å². The average molecular weight is 424 g/mol. The minimum absolute atomic E-state index is 0.142. The minimum atomic E-state index is -3.61. The number of hydrogen-bond acceptors (Lipinski definition) is 6. The summed E-state index contributed by atoms with van der Waals surface area (Å²) in [5.41, 5.74) is 0. The zero-order valence-electron chi connectivity index (χ0n) is 16.8. The molecule has 0 aliphatic carbocycles. The summed E-state index contributed by atoms with van der Waals surface area (Å²) in [7, 11) is -3.61. The zero-order valence-corrected chi connectivity index (χ0v) is 17.6. The van der Waals surface area contributed by atoms with Crippen LogP contribution in [0.1, 0.15) is 45.4 Å². The lowest BCUT2D eigenvalue weighted by Gasteiger charge is -2.31. The van der Waals surface area contributed by atoms with Crippen molar-refractivity contribution in [3.05, 3.63) is 24.5 Å². The van der Waals surface area contributed by atoms with Crippen LogP contribution < -0.4 is 0 Å². The molecule has 9 heteroatoms. The molecule has 0 spiro atoms. The Morgan fingerprint density at radius 3 is 2.34 bits per heavy atom. The molecular weight excluding hydrogens is 394 g/mol. The first-order chi connectivity index (χ1) is 13.9. The van der Waals surface area contributed by atoms with E-state index < -0.39 is 28.0 Å². The number of hydrogen-bond donors (Lipinski definition) is 0. The molecule has 160 valence electrons. The van der Waals surface area contributed by atoms with Crippen molar-refractivity contribution in [3.63, 3.8) is 0 Å². The fraction of sp³-hybridized carbons (Fsp3) is 0.650. The molecule has 2 fully saturated rings. The molecule has 3 rings (SSSR count). The number of piperidine rings is 1. The summed E-state index contributed by atoms with van der Waals surface area (Å²) in [5, 5.41) is 0. The lowest BCUT2D eigenvalue weighted by molar-refractivity contribution is -0.163. The maximum atomic E-state index is 12.7. The van der Waals surface area contributed by atoms with E-state index in [1.807, 2.05) is 0 Å². The molecule has 1 amide bonds. The molecule has 1 aromatic rings. The maximum absolute atomic E-state index is 12.7. The van der Waals surface area contributed by atoms with Gasteiger partial charge in [0.25, 0.3) is 5.91 Å². The Labute approximate surface area is 172 Å². The molecule has 29 heavy (non-hydrogen) atoms. The lowest BCUT2D eigenvalue weighted by Crippen LogP contribution is -2.43. The molecule has 2 aliphatic heterocycles. The van der Waals surface area contributed by atoms with Crippen molar-refractivity contribution in [2.45, 2.75) is 56.4 Å². The van der Waals surface area contributed by atoms with E-state index in [0.717, 1.165) is 25.7 Å². The third-order valence-electron chi connectivity index (χ3n) is 5.62. The number of carbonyl (C=O) groups is 2. The largest absolute Gasteiger partial charge is 0.452 e. The molecule has 0 radical (unpaired) electrons. The fourth-order valence-corrected chi connectivity index (χ4v) is 5.28. The summed E-state index contributed by atoms with van der Waals surface area (Å²) in [6.07, 6.45) is 7.01. The first kappa shape index (κ1) is 21.7. The summed E-state index contributed by atoms with van der Waals surface area (Å²) in [4.78, 5) is 30.9. The van der Waals surface area contributed by atoms with Gasteiger partial charge in [-0.05, 0) is 44.7 Å². The number of nitrogens with zero attached hydrogens (tertiary/aromatic N) is 3. The fourth-order valence-electron chi connectivity index (χ4n) is 3.85. The van der Waals surface area contributed by atoms with Gasteiger partial charge in [0.2, 0.25) is 10.0 Å². The van der Waals surface area contributed by atoms with Gasteiger partial charge in [-0.1, -0.05) is 12.8 Å². The van der Waals surface area contributed by atoms with Gasteiger partial charge in [0, 0.05) is 38.6 Å². The van der Waals surface area contributed by atoms with Gasteiger partial charge >= 0.3 is 5.97 Å². The van der Waals surface area contributed by atoms with Crippen LogP contribution in [0.15, 0.2) is 29.4 Å². The zero-order chi connectivity index (χ0) is 20.9. The summed E-state index contributed by atoms with van der Waals surface area (Å²) in [5.74, 6) is -0.953. The highest BCUT2D eigenvalue weighted by molar-refractivity contribution is 7.89. The van der Waals surface area contributed by atoms with Gasteiger partial charge < -0.3 is 9.64 Å². The number of rotatable bonds is 5. The highest BCUT2D eigenvalue weighted by Crippen LogP contribution is 2.25. The summed E-state index contributed by atoms with van der Waals surface area (Å²) in [6.45, 7) is 3.53. The number of aromatic nitrogens is 1. The van der Waals surface area contributed by atoms with Gasteiger partial charge in [-0.2, -0.15) is 4.31 Å². The SMILES string of the molecule is CC(OC(=O)C1CCN(S(=O)(=O)c2cccnc2)CC1)C(=O)N1CCCCCC1. The van der Waals surface area contributed by atoms with Crippen LogP contribution in [0.2, 0.25) is 0 Å². The maximum Gasteiger partial charge on any atom is 0.309 e. The Hall–Kier alpha value is -2.00. The highest BCUT2D eigenvalue weighted by Gasteiger charge is 2.34. The number of likely N-dealkylation sites (tertiary alicyclic amines) is 1. The first-order valence-corrected chi connectivity index (χ1v) is 11.7. The quantitative estimate of drug-likeness (QED) is 0.670. The van der Waals surface area contributed by atoms with Crippen LogP contribution in [0.5, 0.6) is 0 Å². The first-order valence-electron chi connectivity index (χ1n) is 10.3. The van der Waals surface area contributed by atoms with Gasteiger partial charge in [-0.3, -0.25) is 14.6 Å². The molecule has 1 unspecified atom stereocenters. The normalized spacial score (nSPS) is 20.7. The van der Waals surface area contributed by atoms with Crippen LogP contribution in [-0.2, 0) is 24.3 Å². The van der Waals surface area contributed by atoms with Gasteiger partial charge in [-0.25, -0.2) is 8.42 Å². The van der Waals surface area contributed by atoms with E-state index in [4.69, 9.17) is 4.74 Å². The Morgan fingerprint density at radius 2 is 1.76 bits per heavy atom. The molecule has 3 heterocycles. The predicted octanol–water partition coefficient (Wildman–Crippen LogP) is 1.82. The summed E-state index contributed by atoms with van der Waals surface area (Å²) in [6, 6.07) is 3.10. The van der Waals surface area contributed by atoms with Crippen LogP contribution in [0.25, 0.3) is 0 Å². The number of pyridine rings is 1. The van der Waals surface area contributed by atoms with E-state index >= 15 is 0 Å². The van der Waals surface area contributed by atoms with Gasteiger partial charge in [-0.15, -0.1) is 0 Å². The molecule has 0 N–H and O–H groups in total. The third kappa shape index (κ3) is 5.33. The van der Waals surface area contributed by atoms with Crippen LogP contribution >= 0.6 is 0 Å². The molecule has 0 aromatic carbocycles. The number of ether oxygens (including phenoxy) is 1. The second-order valence-electron chi connectivity index (χ2n) is 7.69.